The van der Waals surface area contributed by atoms with Crippen LogP contribution in [0, 0.1) is 6.92 Å². The summed E-state index contributed by atoms with van der Waals surface area (Å²) in [5.74, 6) is -0.330. The Labute approximate surface area is 75.2 Å². The Bertz CT molecular complexity index is 368. The number of amides is 1. The van der Waals surface area contributed by atoms with E-state index in [1.807, 2.05) is 0 Å². The van der Waals surface area contributed by atoms with Crippen LogP contribution in [0.15, 0.2) is 23.2 Å². The van der Waals surface area contributed by atoms with Crippen molar-refractivity contribution in [2.45, 2.75) is 13.8 Å². The molecule has 1 heterocycles. The van der Waals surface area contributed by atoms with Gasteiger partial charge < -0.3 is 10.7 Å². The van der Waals surface area contributed by atoms with Crippen LogP contribution in [0.5, 0.6) is 0 Å². The Balaban J connectivity index is 0.00000144. The second-order valence-electron chi connectivity index (χ2n) is 2.47. The van der Waals surface area contributed by atoms with Crippen LogP contribution in [0.1, 0.15) is 12.6 Å². The first kappa shape index (κ1) is 11.4. The van der Waals surface area contributed by atoms with Crippen LogP contribution in [0.4, 0.5) is 0 Å². The lowest BCUT2D eigenvalue weighted by Crippen LogP contribution is -2.21. The minimum absolute atomic E-state index is 0. The van der Waals surface area contributed by atoms with E-state index in [4.69, 9.17) is 0 Å². The summed E-state index contributed by atoms with van der Waals surface area (Å²) < 4.78 is 0.876. The van der Waals surface area contributed by atoms with Gasteiger partial charge in [0.1, 0.15) is 0 Å². The van der Waals surface area contributed by atoms with Crippen molar-refractivity contribution < 1.29 is 15.5 Å². The fraction of sp³-hybridized carbons (Fsp3) is 0.250. The molecule has 0 aliphatic rings. The smallest absolute Gasteiger partial charge is 0.244 e. The van der Waals surface area contributed by atoms with Gasteiger partial charge in [-0.2, -0.15) is 9.72 Å². The normalized spacial score (nSPS) is 10.8. The maximum absolute atomic E-state index is 10.6. The van der Waals surface area contributed by atoms with E-state index in [0.29, 0.717) is 5.69 Å². The molecular formula is C8H12N2O3. The van der Waals surface area contributed by atoms with E-state index in [0.717, 1.165) is 4.73 Å². The first-order chi connectivity index (χ1) is 5.61. The summed E-state index contributed by atoms with van der Waals surface area (Å²) in [5, 5.41) is 9.32. The summed E-state index contributed by atoms with van der Waals surface area (Å²) in [6, 6.07) is 5.01. The third kappa shape index (κ3) is 2.72. The largest absolute Gasteiger partial charge is 0.427 e. The molecule has 1 aromatic rings. The van der Waals surface area contributed by atoms with Crippen LogP contribution in [-0.2, 0) is 4.79 Å². The second kappa shape index (κ2) is 4.42. The molecule has 13 heavy (non-hydrogen) atoms. The van der Waals surface area contributed by atoms with Crippen molar-refractivity contribution in [2.24, 2.45) is 4.99 Å². The van der Waals surface area contributed by atoms with Crippen LogP contribution in [-0.4, -0.2) is 21.3 Å². The molecule has 0 aliphatic heterocycles. The average molecular weight is 184 g/mol. The zero-order valence-electron chi connectivity index (χ0n) is 7.48. The molecule has 0 radical (unpaired) electrons. The molecule has 0 saturated heterocycles. The van der Waals surface area contributed by atoms with E-state index in [9.17, 15) is 10.0 Å². The zero-order chi connectivity index (χ0) is 9.14. The van der Waals surface area contributed by atoms with Gasteiger partial charge in [-0.3, -0.25) is 4.79 Å². The highest BCUT2D eigenvalue weighted by Gasteiger charge is 1.93. The highest BCUT2D eigenvalue weighted by atomic mass is 16.5. The predicted octanol–water partition coefficient (Wildman–Crippen LogP) is -0.344. The monoisotopic (exact) mass is 184 g/mol. The molecule has 5 heteroatoms. The van der Waals surface area contributed by atoms with Crippen LogP contribution >= 0.6 is 0 Å². The molecule has 0 fully saturated rings. The van der Waals surface area contributed by atoms with Gasteiger partial charge in [-0.05, 0) is 19.1 Å². The fourth-order valence-electron chi connectivity index (χ4n) is 0.841. The molecule has 0 bridgehead atoms. The molecule has 0 spiro atoms. The number of aromatic nitrogens is 1. The molecule has 1 amide bonds. The molecule has 1 aromatic heterocycles. The van der Waals surface area contributed by atoms with Gasteiger partial charge in [0.25, 0.3) is 0 Å². The average Bonchev–Trinajstić information content (AvgIpc) is 1.98. The van der Waals surface area contributed by atoms with Gasteiger partial charge in [0.15, 0.2) is 5.49 Å². The van der Waals surface area contributed by atoms with Crippen molar-refractivity contribution in [1.82, 2.24) is 4.73 Å². The van der Waals surface area contributed by atoms with Crippen molar-refractivity contribution in [1.29, 1.82) is 0 Å². The van der Waals surface area contributed by atoms with Gasteiger partial charge in [0.2, 0.25) is 5.91 Å². The first-order valence-electron chi connectivity index (χ1n) is 3.54. The van der Waals surface area contributed by atoms with Crippen molar-refractivity contribution in [3.8, 4) is 0 Å². The molecule has 0 atom stereocenters. The van der Waals surface area contributed by atoms with Gasteiger partial charge in [-0.15, -0.1) is 0 Å². The Hall–Kier alpha value is -1.62. The SMILES string of the molecule is CC(=O)N=c1cccc(C)n1O.O. The standard InChI is InChI=1S/C8H10N2O2.H2O/c1-6-4-3-5-8(10(6)12)9-7(2)11;/h3-5,12H,1-2H3;1H2. The van der Waals surface area contributed by atoms with Gasteiger partial charge in [0.05, 0.1) is 5.69 Å². The van der Waals surface area contributed by atoms with Crippen molar-refractivity contribution in [2.75, 3.05) is 0 Å². The molecule has 0 saturated carbocycles. The second-order valence-corrected chi connectivity index (χ2v) is 2.47. The minimum atomic E-state index is -0.330. The van der Waals surface area contributed by atoms with E-state index >= 15 is 0 Å². The maximum atomic E-state index is 10.6. The Morgan fingerprint density at radius 3 is 2.69 bits per heavy atom. The first-order valence-corrected chi connectivity index (χ1v) is 3.54. The molecule has 72 valence electrons. The molecule has 1 rings (SSSR count). The summed E-state index contributed by atoms with van der Waals surface area (Å²) in [7, 11) is 0. The number of carbonyl (C=O) groups excluding carboxylic acids is 1. The Kier molecular flexibility index (Phi) is 3.87. The van der Waals surface area contributed by atoms with E-state index in [2.05, 4.69) is 4.99 Å². The summed E-state index contributed by atoms with van der Waals surface area (Å²) in [6.45, 7) is 3.06. The molecule has 0 aromatic carbocycles. The third-order valence-corrected chi connectivity index (χ3v) is 1.41. The maximum Gasteiger partial charge on any atom is 0.244 e. The summed E-state index contributed by atoms with van der Waals surface area (Å²) in [5.41, 5.74) is 0.889. The highest BCUT2D eigenvalue weighted by molar-refractivity contribution is 5.73. The van der Waals surface area contributed by atoms with Crippen molar-refractivity contribution >= 4 is 5.91 Å². The van der Waals surface area contributed by atoms with E-state index in [1.165, 1.54) is 6.92 Å². The van der Waals surface area contributed by atoms with Crippen LogP contribution in [0.25, 0.3) is 0 Å². The van der Waals surface area contributed by atoms with Crippen LogP contribution in [0.3, 0.4) is 0 Å². The lowest BCUT2D eigenvalue weighted by Gasteiger charge is -2.00. The summed E-state index contributed by atoms with van der Waals surface area (Å²) in [4.78, 5) is 14.2. The van der Waals surface area contributed by atoms with Crippen LogP contribution < -0.4 is 5.49 Å². The number of rotatable bonds is 0. The number of hydrogen-bond acceptors (Lipinski definition) is 2. The lowest BCUT2D eigenvalue weighted by molar-refractivity contribution is -0.116. The minimum Gasteiger partial charge on any atom is -0.427 e. The lowest BCUT2D eigenvalue weighted by atomic mass is 10.4. The Morgan fingerprint density at radius 2 is 2.15 bits per heavy atom. The van der Waals surface area contributed by atoms with Gasteiger partial charge >= 0.3 is 0 Å². The fourth-order valence-corrected chi connectivity index (χ4v) is 0.841. The number of nitrogens with zero attached hydrogens (tertiary/aromatic N) is 2. The van der Waals surface area contributed by atoms with E-state index in [-0.39, 0.29) is 16.9 Å². The quantitative estimate of drug-likeness (QED) is 0.559. The molecule has 3 N–H and O–H groups in total. The number of pyridine rings is 1. The molecule has 5 nitrogen and oxygen atoms in total. The number of hydrogen-bond donors (Lipinski definition) is 1. The third-order valence-electron chi connectivity index (χ3n) is 1.41. The van der Waals surface area contributed by atoms with E-state index in [1.54, 1.807) is 25.1 Å². The van der Waals surface area contributed by atoms with Gasteiger partial charge in [-0.25, -0.2) is 0 Å². The molecule has 0 unspecified atom stereocenters. The van der Waals surface area contributed by atoms with Gasteiger partial charge in [0, 0.05) is 6.92 Å². The summed E-state index contributed by atoms with van der Waals surface area (Å²) in [6.07, 6.45) is 0. The van der Waals surface area contributed by atoms with Crippen molar-refractivity contribution in [3.05, 3.63) is 29.4 Å². The zero-order valence-corrected chi connectivity index (χ0v) is 7.48. The molecule has 0 aliphatic carbocycles. The molecular weight excluding hydrogens is 172 g/mol. The van der Waals surface area contributed by atoms with E-state index < -0.39 is 0 Å². The number of carbonyl (C=O) groups is 1. The summed E-state index contributed by atoms with van der Waals surface area (Å²) >= 11 is 0. The van der Waals surface area contributed by atoms with Crippen molar-refractivity contribution in [3.63, 3.8) is 0 Å². The van der Waals surface area contributed by atoms with Crippen LogP contribution in [0.2, 0.25) is 0 Å². The topological polar surface area (TPSA) is 86.1 Å². The Morgan fingerprint density at radius 1 is 1.54 bits per heavy atom. The van der Waals surface area contributed by atoms with Gasteiger partial charge in [-0.1, -0.05) is 6.07 Å². The predicted molar refractivity (Wildman–Crippen MR) is 46.2 cm³/mol. The highest BCUT2D eigenvalue weighted by Crippen LogP contribution is 1.88. The number of aryl methyl sites for hydroxylation is 1.